The van der Waals surface area contributed by atoms with E-state index in [0.29, 0.717) is 12.3 Å². The van der Waals surface area contributed by atoms with E-state index in [1.807, 2.05) is 60.9 Å². The smallest absolute Gasteiger partial charge is 0.234 e. The van der Waals surface area contributed by atoms with E-state index >= 15 is 0 Å². The van der Waals surface area contributed by atoms with E-state index in [1.165, 1.54) is 17.3 Å². The number of carbonyl (C=O) groups excluding carboxylic acids is 1. The van der Waals surface area contributed by atoms with Crippen molar-refractivity contribution in [3.05, 3.63) is 71.5 Å². The Morgan fingerprint density at radius 1 is 1.04 bits per heavy atom. The highest BCUT2D eigenvalue weighted by molar-refractivity contribution is 7.99. The maximum atomic E-state index is 12.2. The van der Waals surface area contributed by atoms with Gasteiger partial charge < -0.3 is 9.88 Å². The molecule has 0 aliphatic heterocycles. The summed E-state index contributed by atoms with van der Waals surface area (Å²) in [6, 6.07) is 17.9. The molecule has 6 heteroatoms. The quantitative estimate of drug-likeness (QED) is 0.688. The van der Waals surface area contributed by atoms with Crippen LogP contribution in [-0.2, 0) is 11.3 Å². The van der Waals surface area contributed by atoms with Crippen molar-refractivity contribution in [3.63, 3.8) is 0 Å². The molecule has 1 amide bonds. The number of nitrogens with zero attached hydrogens (tertiary/aromatic N) is 3. The lowest BCUT2D eigenvalue weighted by Gasteiger charge is -2.09. The molecule has 3 aromatic rings. The second kappa shape index (κ2) is 7.98. The molecular weight excluding hydrogens is 332 g/mol. The highest BCUT2D eigenvalue weighted by Crippen LogP contribution is 2.19. The first-order valence-corrected chi connectivity index (χ1v) is 9.03. The van der Waals surface area contributed by atoms with Crippen LogP contribution in [-0.4, -0.2) is 26.4 Å². The first kappa shape index (κ1) is 17.2. The number of aryl methyl sites for hydroxylation is 2. The predicted molar refractivity (Wildman–Crippen MR) is 101 cm³/mol. The molecule has 0 spiro atoms. The number of thioether (sulfide) groups is 1. The predicted octanol–water partition coefficient (Wildman–Crippen LogP) is 3.67. The number of carbonyl (C=O) groups is 1. The van der Waals surface area contributed by atoms with E-state index in [1.54, 1.807) is 0 Å². The topological polar surface area (TPSA) is 59.8 Å². The first-order chi connectivity index (χ1) is 12.1. The van der Waals surface area contributed by atoms with E-state index in [2.05, 4.69) is 27.6 Å². The highest BCUT2D eigenvalue weighted by Gasteiger charge is 2.12. The largest absolute Gasteiger partial charge is 0.325 e. The molecule has 1 heterocycles. The van der Waals surface area contributed by atoms with Crippen LogP contribution in [0.5, 0.6) is 0 Å². The Hall–Kier alpha value is -2.60. The van der Waals surface area contributed by atoms with E-state index in [9.17, 15) is 4.79 Å². The molecule has 3 rings (SSSR count). The summed E-state index contributed by atoms with van der Waals surface area (Å²) in [5, 5.41) is 12.0. The fourth-order valence-corrected chi connectivity index (χ4v) is 3.16. The van der Waals surface area contributed by atoms with Gasteiger partial charge >= 0.3 is 0 Å². The minimum atomic E-state index is -0.0548. The number of rotatable bonds is 6. The van der Waals surface area contributed by atoms with E-state index in [-0.39, 0.29) is 5.91 Å². The summed E-state index contributed by atoms with van der Waals surface area (Å²) in [7, 11) is 0. The van der Waals surface area contributed by atoms with Gasteiger partial charge in [0.15, 0.2) is 5.16 Å². The van der Waals surface area contributed by atoms with E-state index < -0.39 is 0 Å². The molecule has 0 unspecified atom stereocenters. The van der Waals surface area contributed by atoms with Crippen LogP contribution >= 0.6 is 11.8 Å². The van der Waals surface area contributed by atoms with Crippen molar-refractivity contribution in [2.24, 2.45) is 0 Å². The van der Waals surface area contributed by atoms with Crippen LogP contribution in [0.4, 0.5) is 5.69 Å². The Bertz CT molecular complexity index is 844. The lowest BCUT2D eigenvalue weighted by molar-refractivity contribution is -0.113. The molecule has 0 aliphatic carbocycles. The van der Waals surface area contributed by atoms with Crippen LogP contribution in [0, 0.1) is 13.8 Å². The van der Waals surface area contributed by atoms with Crippen LogP contribution in [0.15, 0.2) is 59.8 Å². The van der Waals surface area contributed by atoms with Crippen molar-refractivity contribution in [2.75, 3.05) is 11.1 Å². The third kappa shape index (κ3) is 4.70. The zero-order chi connectivity index (χ0) is 17.6. The molecule has 2 aromatic carbocycles. The average molecular weight is 352 g/mol. The molecule has 25 heavy (non-hydrogen) atoms. The van der Waals surface area contributed by atoms with Crippen LogP contribution in [0.2, 0.25) is 0 Å². The van der Waals surface area contributed by atoms with Crippen molar-refractivity contribution < 1.29 is 4.79 Å². The zero-order valence-electron chi connectivity index (χ0n) is 14.3. The van der Waals surface area contributed by atoms with Crippen molar-refractivity contribution in [1.29, 1.82) is 0 Å². The number of hydrogen-bond donors (Lipinski definition) is 1. The van der Waals surface area contributed by atoms with E-state index in [4.69, 9.17) is 0 Å². The Morgan fingerprint density at radius 2 is 1.76 bits per heavy atom. The molecule has 0 atom stereocenters. The number of nitrogens with one attached hydrogen (secondary N) is 1. The molecule has 0 saturated carbocycles. The number of amides is 1. The van der Waals surface area contributed by atoms with Gasteiger partial charge in [-0.05, 0) is 31.5 Å². The van der Waals surface area contributed by atoms with Gasteiger partial charge in [-0.25, -0.2) is 0 Å². The summed E-state index contributed by atoms with van der Waals surface area (Å²) in [5.41, 5.74) is 3.14. The molecule has 0 bridgehead atoms. The fraction of sp³-hybridized carbons (Fsp3) is 0.211. The maximum absolute atomic E-state index is 12.2. The first-order valence-electron chi connectivity index (χ1n) is 8.05. The SMILES string of the molecule is Cc1ccc(NC(=O)CSc2nnc(C)n2Cc2ccccc2)cc1. The summed E-state index contributed by atoms with van der Waals surface area (Å²) in [6.45, 7) is 4.64. The van der Waals surface area contributed by atoms with Gasteiger partial charge in [-0.3, -0.25) is 4.79 Å². The van der Waals surface area contributed by atoms with Crippen LogP contribution in [0.1, 0.15) is 17.0 Å². The molecule has 0 radical (unpaired) electrons. The summed E-state index contributed by atoms with van der Waals surface area (Å²) >= 11 is 1.39. The lowest BCUT2D eigenvalue weighted by atomic mass is 10.2. The Labute approximate surface area is 151 Å². The maximum Gasteiger partial charge on any atom is 0.234 e. The molecular formula is C19H20N4OS. The molecule has 5 nitrogen and oxygen atoms in total. The Balaban J connectivity index is 1.61. The lowest BCUT2D eigenvalue weighted by Crippen LogP contribution is -2.14. The Kier molecular flexibility index (Phi) is 5.50. The zero-order valence-corrected chi connectivity index (χ0v) is 15.1. The van der Waals surface area contributed by atoms with Gasteiger partial charge in [0.1, 0.15) is 5.82 Å². The van der Waals surface area contributed by atoms with Crippen LogP contribution < -0.4 is 5.32 Å². The van der Waals surface area contributed by atoms with Gasteiger partial charge in [-0.2, -0.15) is 0 Å². The van der Waals surface area contributed by atoms with Gasteiger partial charge in [0, 0.05) is 5.69 Å². The number of hydrogen-bond acceptors (Lipinski definition) is 4. The van der Waals surface area contributed by atoms with Gasteiger partial charge in [0.05, 0.1) is 12.3 Å². The summed E-state index contributed by atoms with van der Waals surface area (Å²) < 4.78 is 2.03. The number of benzene rings is 2. The molecule has 1 aromatic heterocycles. The Morgan fingerprint density at radius 3 is 2.48 bits per heavy atom. The normalized spacial score (nSPS) is 10.6. The monoisotopic (exact) mass is 352 g/mol. The van der Waals surface area contributed by atoms with Gasteiger partial charge in [0.25, 0.3) is 0 Å². The number of aromatic nitrogens is 3. The fourth-order valence-electron chi connectivity index (χ4n) is 2.38. The van der Waals surface area contributed by atoms with Crippen molar-refractivity contribution in [1.82, 2.24) is 14.8 Å². The molecule has 0 saturated heterocycles. The average Bonchev–Trinajstić information content (AvgIpc) is 2.96. The van der Waals surface area contributed by atoms with E-state index in [0.717, 1.165) is 22.2 Å². The van der Waals surface area contributed by atoms with Crippen molar-refractivity contribution in [2.45, 2.75) is 25.5 Å². The third-order valence-electron chi connectivity index (χ3n) is 3.75. The molecule has 0 aliphatic rings. The standard InChI is InChI=1S/C19H20N4OS/c1-14-8-10-17(11-9-14)20-18(24)13-25-19-22-21-15(2)23(19)12-16-6-4-3-5-7-16/h3-11H,12-13H2,1-2H3,(H,20,24). The highest BCUT2D eigenvalue weighted by atomic mass is 32.2. The second-order valence-electron chi connectivity index (χ2n) is 5.80. The minimum absolute atomic E-state index is 0.0548. The summed E-state index contributed by atoms with van der Waals surface area (Å²) in [4.78, 5) is 12.2. The molecule has 128 valence electrons. The third-order valence-corrected chi connectivity index (χ3v) is 4.72. The summed E-state index contributed by atoms with van der Waals surface area (Å²) in [5.74, 6) is 1.08. The number of anilines is 1. The molecule has 1 N–H and O–H groups in total. The molecule has 0 fully saturated rings. The van der Waals surface area contributed by atoms with Crippen molar-refractivity contribution >= 4 is 23.4 Å². The van der Waals surface area contributed by atoms with Gasteiger partial charge in [-0.15, -0.1) is 10.2 Å². The van der Waals surface area contributed by atoms with Gasteiger partial charge in [-0.1, -0.05) is 59.8 Å². The van der Waals surface area contributed by atoms with Crippen LogP contribution in [0.3, 0.4) is 0 Å². The van der Waals surface area contributed by atoms with Crippen molar-refractivity contribution in [3.8, 4) is 0 Å². The van der Waals surface area contributed by atoms with Gasteiger partial charge in [0.2, 0.25) is 5.91 Å². The second-order valence-corrected chi connectivity index (χ2v) is 6.75. The van der Waals surface area contributed by atoms with Crippen LogP contribution in [0.25, 0.3) is 0 Å². The summed E-state index contributed by atoms with van der Waals surface area (Å²) in [6.07, 6.45) is 0. The minimum Gasteiger partial charge on any atom is -0.325 e.